The first-order valence-corrected chi connectivity index (χ1v) is 17.5. The fourth-order valence-electron chi connectivity index (χ4n) is 12.7. The van der Waals surface area contributed by atoms with Gasteiger partial charge in [-0.1, -0.05) is 54.9 Å². The highest BCUT2D eigenvalue weighted by molar-refractivity contribution is 6.01. The predicted molar refractivity (Wildman–Crippen MR) is 167 cm³/mol. The van der Waals surface area contributed by atoms with Crippen LogP contribution in [0.1, 0.15) is 132 Å². The van der Waals surface area contributed by atoms with Crippen molar-refractivity contribution in [2.45, 2.75) is 144 Å². The number of carbonyl (C=O) groups is 3. The van der Waals surface area contributed by atoms with Crippen LogP contribution in [0.2, 0.25) is 0 Å². The van der Waals surface area contributed by atoms with Gasteiger partial charge >= 0.3 is 11.9 Å². The number of fused-ring (bicyclic) bond motifs is 7. The molecule has 0 bridgehead atoms. The van der Waals surface area contributed by atoms with E-state index < -0.39 is 17.4 Å². The van der Waals surface area contributed by atoms with Crippen molar-refractivity contribution in [3.05, 3.63) is 11.1 Å². The lowest BCUT2D eigenvalue weighted by molar-refractivity contribution is -0.232. The lowest BCUT2D eigenvalue weighted by atomic mass is 9.33. The molecule has 6 heteroatoms. The number of rotatable bonds is 4. The first kappa shape index (κ1) is 31.3. The molecule has 0 saturated heterocycles. The third-order valence-electron chi connectivity index (χ3n) is 15.0. The van der Waals surface area contributed by atoms with Crippen molar-refractivity contribution < 1.29 is 24.2 Å². The molecule has 5 unspecified atom stereocenters. The number of carboxylic acid groups (broad SMARTS) is 1. The van der Waals surface area contributed by atoms with E-state index in [1.165, 1.54) is 12.0 Å². The Morgan fingerprint density at radius 3 is 2.23 bits per heavy atom. The minimum Gasteiger partial charge on any atom is -0.481 e. The molecule has 43 heavy (non-hydrogen) atoms. The van der Waals surface area contributed by atoms with Crippen molar-refractivity contribution in [3.63, 3.8) is 0 Å². The quantitative estimate of drug-likeness (QED) is 0.326. The van der Waals surface area contributed by atoms with Gasteiger partial charge in [-0.15, -0.1) is 0 Å². The van der Waals surface area contributed by atoms with Gasteiger partial charge in [0.05, 0.1) is 11.8 Å². The lowest BCUT2D eigenvalue weighted by Gasteiger charge is -2.72. The van der Waals surface area contributed by atoms with Crippen molar-refractivity contribution in [1.29, 1.82) is 0 Å². The number of ether oxygens (including phenoxy) is 1. The molecule has 10 atom stereocenters. The van der Waals surface area contributed by atoms with Gasteiger partial charge in [0.2, 0.25) is 0 Å². The average molecular weight is 596 g/mol. The number of hydrogen-bond acceptors (Lipinski definition) is 5. The van der Waals surface area contributed by atoms with Crippen molar-refractivity contribution >= 4 is 17.7 Å². The third-order valence-corrected chi connectivity index (χ3v) is 15.0. The molecular weight excluding hydrogens is 538 g/mol. The summed E-state index contributed by atoms with van der Waals surface area (Å²) < 4.78 is 6.35. The Labute approximate surface area is 259 Å². The molecule has 6 nitrogen and oxygen atoms in total. The minimum atomic E-state index is -0.786. The first-order chi connectivity index (χ1) is 20.0. The number of esters is 1. The number of hydrogen-bond donors (Lipinski definition) is 2. The van der Waals surface area contributed by atoms with Gasteiger partial charge in [-0.05, 0) is 122 Å². The molecule has 6 aliphatic carbocycles. The van der Waals surface area contributed by atoms with E-state index in [-0.39, 0.29) is 45.6 Å². The second-order valence-electron chi connectivity index (χ2n) is 17.5. The number of carbonyl (C=O) groups excluding carboxylic acids is 2. The molecule has 0 aromatic rings. The molecule has 0 amide bonds. The summed E-state index contributed by atoms with van der Waals surface area (Å²) in [4.78, 5) is 38.3. The van der Waals surface area contributed by atoms with Gasteiger partial charge in [0.1, 0.15) is 6.10 Å². The second kappa shape index (κ2) is 10.2. The van der Waals surface area contributed by atoms with Crippen molar-refractivity contribution in [2.75, 3.05) is 0 Å². The van der Waals surface area contributed by atoms with Gasteiger partial charge in [0, 0.05) is 17.4 Å². The zero-order valence-electron chi connectivity index (χ0n) is 27.9. The summed E-state index contributed by atoms with van der Waals surface area (Å²) in [7, 11) is 0. The summed E-state index contributed by atoms with van der Waals surface area (Å²) in [6, 6.07) is 0. The Balaban J connectivity index is 1.25. The molecule has 0 heterocycles. The van der Waals surface area contributed by atoms with Gasteiger partial charge in [0.15, 0.2) is 5.78 Å². The highest BCUT2D eigenvalue weighted by atomic mass is 16.5. The molecule has 6 rings (SSSR count). The molecule has 5 fully saturated rings. The van der Waals surface area contributed by atoms with Crippen LogP contribution in [0, 0.1) is 57.2 Å². The Kier molecular flexibility index (Phi) is 7.39. The number of nitrogens with two attached hydrogens (primary N) is 1. The summed E-state index contributed by atoms with van der Waals surface area (Å²) in [6.07, 6.45) is 11.4. The van der Waals surface area contributed by atoms with Crippen LogP contribution in [0.15, 0.2) is 11.1 Å². The number of Topliss-reactive ketones (excluding diaryl/α,β-unsaturated/α-hetero) is 1. The third kappa shape index (κ3) is 4.37. The van der Waals surface area contributed by atoms with E-state index in [4.69, 9.17) is 10.5 Å². The Morgan fingerprint density at radius 1 is 0.860 bits per heavy atom. The van der Waals surface area contributed by atoms with E-state index in [1.54, 1.807) is 0 Å². The summed E-state index contributed by atoms with van der Waals surface area (Å²) in [5.74, 6) is 0.247. The van der Waals surface area contributed by atoms with Crippen LogP contribution in [0.3, 0.4) is 0 Å². The van der Waals surface area contributed by atoms with E-state index in [0.29, 0.717) is 42.8 Å². The summed E-state index contributed by atoms with van der Waals surface area (Å²) in [5, 5.41) is 9.54. The van der Waals surface area contributed by atoms with Crippen molar-refractivity contribution in [2.24, 2.45) is 62.9 Å². The van der Waals surface area contributed by atoms with Crippen molar-refractivity contribution in [1.82, 2.24) is 0 Å². The maximum atomic E-state index is 13.4. The normalized spacial score (nSPS) is 47.3. The van der Waals surface area contributed by atoms with E-state index in [9.17, 15) is 19.5 Å². The molecule has 240 valence electrons. The number of allylic oxidation sites excluding steroid dienone is 1. The molecular formula is C37H57NO5. The topological polar surface area (TPSA) is 107 Å². The van der Waals surface area contributed by atoms with E-state index >= 15 is 0 Å². The minimum absolute atomic E-state index is 0.113. The van der Waals surface area contributed by atoms with Gasteiger partial charge in [-0.25, -0.2) is 0 Å². The van der Waals surface area contributed by atoms with Crippen LogP contribution < -0.4 is 5.73 Å². The van der Waals surface area contributed by atoms with E-state index in [0.717, 1.165) is 63.4 Å². The van der Waals surface area contributed by atoms with Gasteiger partial charge in [0.25, 0.3) is 0 Å². The standard InChI is InChI=1S/C37H57NO5/c1-21(2)29-25(39)20-37(38)18-17-35(6)24(30(29)37)11-12-27-34(5)15-14-28(33(3,4)26(34)13-16-36(27,35)7)43-32(42)23-10-8-9-22(19-23)31(40)41/h21-24,26-28H,8-20,38H2,1-7H3,(H,40,41)/t22?,23?,24?,26?,27?,28-,34-,35+,36+,37+/m0/s1. The zero-order valence-corrected chi connectivity index (χ0v) is 27.9. The monoisotopic (exact) mass is 595 g/mol. The molecule has 5 saturated carbocycles. The maximum absolute atomic E-state index is 13.4. The first-order valence-electron chi connectivity index (χ1n) is 17.5. The highest BCUT2D eigenvalue weighted by Crippen LogP contribution is 2.75. The SMILES string of the molecule is CC(C)C1=C2C3CCC4[C@@]5(C)CC[C@H](OC(=O)C6CCCC(C(=O)O)C6)C(C)(C)C5CC[C@@]4(C)[C@]3(C)CC[C@@]2(N)CC1=O. The van der Waals surface area contributed by atoms with E-state index in [1.807, 2.05) is 0 Å². The highest BCUT2D eigenvalue weighted by Gasteiger charge is 2.69. The van der Waals surface area contributed by atoms with Gasteiger partial charge < -0.3 is 15.6 Å². The van der Waals surface area contributed by atoms with Crippen LogP contribution in [0.25, 0.3) is 0 Å². The average Bonchev–Trinajstić information content (AvgIpc) is 3.21. The zero-order chi connectivity index (χ0) is 31.3. The molecule has 6 aliphatic rings. The molecule has 0 aromatic heterocycles. The molecule has 0 spiro atoms. The van der Waals surface area contributed by atoms with Gasteiger partial charge in [-0.2, -0.15) is 0 Å². The smallest absolute Gasteiger partial charge is 0.309 e. The van der Waals surface area contributed by atoms with Crippen LogP contribution in [0.4, 0.5) is 0 Å². The Morgan fingerprint density at radius 2 is 1.56 bits per heavy atom. The lowest BCUT2D eigenvalue weighted by Crippen LogP contribution is -2.66. The van der Waals surface area contributed by atoms with Crippen LogP contribution >= 0.6 is 0 Å². The fraction of sp³-hybridized carbons (Fsp3) is 0.865. The fourth-order valence-corrected chi connectivity index (χ4v) is 12.7. The summed E-state index contributed by atoms with van der Waals surface area (Å²) >= 11 is 0. The van der Waals surface area contributed by atoms with Crippen LogP contribution in [-0.4, -0.2) is 34.5 Å². The Bertz CT molecular complexity index is 1240. The maximum Gasteiger partial charge on any atom is 0.309 e. The molecule has 0 radical (unpaired) electrons. The number of carboxylic acids is 1. The summed E-state index contributed by atoms with van der Waals surface area (Å²) in [6.45, 7) is 16.7. The van der Waals surface area contributed by atoms with Crippen molar-refractivity contribution in [3.8, 4) is 0 Å². The predicted octanol–water partition coefficient (Wildman–Crippen LogP) is 7.48. The number of aliphatic carboxylic acids is 1. The van der Waals surface area contributed by atoms with E-state index in [2.05, 4.69) is 48.5 Å². The second-order valence-corrected chi connectivity index (χ2v) is 17.5. The molecule has 0 aromatic carbocycles. The van der Waals surface area contributed by atoms with Gasteiger partial charge in [-0.3, -0.25) is 14.4 Å². The summed E-state index contributed by atoms with van der Waals surface area (Å²) in [5.41, 5.74) is 9.33. The van der Waals surface area contributed by atoms with Crippen LogP contribution in [-0.2, 0) is 19.1 Å². The Hall–Kier alpha value is -1.69. The molecule has 0 aliphatic heterocycles. The van der Waals surface area contributed by atoms with Crippen LogP contribution in [0.5, 0.6) is 0 Å². The largest absolute Gasteiger partial charge is 0.481 e. The number of ketones is 1. The molecule has 3 N–H and O–H groups in total.